The van der Waals surface area contributed by atoms with E-state index < -0.39 is 11.2 Å². The van der Waals surface area contributed by atoms with Gasteiger partial charge in [0.05, 0.1) is 0 Å². The smallest absolute Gasteiger partial charge is 0.371 e. The van der Waals surface area contributed by atoms with Crippen LogP contribution in [0.1, 0.15) is 17.0 Å². The Balaban J connectivity index is 2.09. The van der Waals surface area contributed by atoms with Crippen LogP contribution in [0.15, 0.2) is 21.6 Å². The second-order valence-electron chi connectivity index (χ2n) is 3.53. The van der Waals surface area contributed by atoms with Gasteiger partial charge in [-0.25, -0.2) is 4.79 Å². The van der Waals surface area contributed by atoms with Gasteiger partial charge < -0.3 is 9.52 Å². The minimum absolute atomic E-state index is 0.114. The lowest BCUT2D eigenvalue weighted by Gasteiger charge is -2.06. The Morgan fingerprint density at radius 3 is 2.71 bits per heavy atom. The molecule has 1 aliphatic rings. The van der Waals surface area contributed by atoms with E-state index in [9.17, 15) is 14.4 Å². The summed E-state index contributed by atoms with van der Waals surface area (Å²) in [4.78, 5) is 34.5. The van der Waals surface area contributed by atoms with Crippen molar-refractivity contribution >= 4 is 29.5 Å². The summed E-state index contributed by atoms with van der Waals surface area (Å²) < 4.78 is 5.01. The average Bonchev–Trinajstić information content (AvgIpc) is 2.82. The van der Waals surface area contributed by atoms with E-state index in [0.717, 1.165) is 16.7 Å². The van der Waals surface area contributed by atoms with Crippen LogP contribution in [0.3, 0.4) is 0 Å². The molecule has 2 heterocycles. The van der Waals surface area contributed by atoms with Gasteiger partial charge in [0.25, 0.3) is 0 Å². The second-order valence-corrected chi connectivity index (χ2v) is 4.73. The lowest BCUT2D eigenvalue weighted by atomic mass is 10.4. The summed E-state index contributed by atoms with van der Waals surface area (Å²) in [5, 5.41) is 8.46. The van der Waals surface area contributed by atoms with E-state index >= 15 is 0 Å². The second kappa shape index (κ2) is 4.25. The summed E-state index contributed by atoms with van der Waals surface area (Å²) >= 11 is 1.06. The summed E-state index contributed by atoms with van der Waals surface area (Å²) in [5.41, 5.74) is 0. The maximum atomic E-state index is 11.6. The molecule has 1 aromatic rings. The number of amides is 2. The van der Waals surface area contributed by atoms with E-state index in [1.54, 1.807) is 0 Å². The van der Waals surface area contributed by atoms with Gasteiger partial charge >= 0.3 is 5.97 Å². The summed E-state index contributed by atoms with van der Waals surface area (Å²) in [6.45, 7) is 0. The maximum Gasteiger partial charge on any atom is 0.371 e. The molecule has 7 heteroatoms. The standard InChI is InChI=1S/C10H9NO5S/c1-11-7(12)4-6(9(11)13)17-8-3-2-5(16-8)10(14)15/h2-3,6H,4H2,1H3,(H,14,15). The Labute approximate surface area is 101 Å². The van der Waals surface area contributed by atoms with Gasteiger partial charge in [-0.15, -0.1) is 0 Å². The normalized spacial score (nSPS) is 20.1. The highest BCUT2D eigenvalue weighted by Gasteiger charge is 2.37. The van der Waals surface area contributed by atoms with Crippen LogP contribution in [0, 0.1) is 0 Å². The molecule has 17 heavy (non-hydrogen) atoms. The van der Waals surface area contributed by atoms with E-state index in [2.05, 4.69) is 0 Å². The summed E-state index contributed by atoms with van der Waals surface area (Å²) in [6, 6.07) is 2.79. The van der Waals surface area contributed by atoms with Crippen LogP contribution in [0.5, 0.6) is 0 Å². The molecule has 0 aliphatic carbocycles. The number of aromatic carboxylic acids is 1. The molecule has 2 rings (SSSR count). The van der Waals surface area contributed by atoms with Crippen molar-refractivity contribution in [2.45, 2.75) is 16.8 Å². The summed E-state index contributed by atoms with van der Waals surface area (Å²) in [6.07, 6.45) is 0.114. The molecule has 1 aliphatic heterocycles. The number of carboxylic acid groups (broad SMARTS) is 1. The van der Waals surface area contributed by atoms with Crippen LogP contribution in [0.2, 0.25) is 0 Å². The van der Waals surface area contributed by atoms with Crippen LogP contribution in [0.4, 0.5) is 0 Å². The molecular weight excluding hydrogens is 246 g/mol. The lowest BCUT2D eigenvalue weighted by molar-refractivity contribution is -0.136. The Morgan fingerprint density at radius 2 is 2.24 bits per heavy atom. The predicted molar refractivity (Wildman–Crippen MR) is 57.7 cm³/mol. The molecule has 6 nitrogen and oxygen atoms in total. The molecule has 1 unspecified atom stereocenters. The van der Waals surface area contributed by atoms with Crippen molar-refractivity contribution in [3.8, 4) is 0 Å². The van der Waals surface area contributed by atoms with Crippen molar-refractivity contribution in [2.75, 3.05) is 7.05 Å². The van der Waals surface area contributed by atoms with Crippen molar-refractivity contribution in [3.05, 3.63) is 17.9 Å². The number of carbonyl (C=O) groups is 3. The fourth-order valence-electron chi connectivity index (χ4n) is 1.45. The zero-order chi connectivity index (χ0) is 12.6. The van der Waals surface area contributed by atoms with Crippen molar-refractivity contribution in [3.63, 3.8) is 0 Å². The van der Waals surface area contributed by atoms with Gasteiger partial charge in [-0.2, -0.15) is 0 Å². The third-order valence-electron chi connectivity index (χ3n) is 2.39. The molecule has 1 atom stereocenters. The van der Waals surface area contributed by atoms with E-state index in [4.69, 9.17) is 9.52 Å². The number of imide groups is 1. The third-order valence-corrected chi connectivity index (χ3v) is 3.50. The SMILES string of the molecule is CN1C(=O)CC(Sc2ccc(C(=O)O)o2)C1=O. The van der Waals surface area contributed by atoms with Gasteiger partial charge in [-0.05, 0) is 12.1 Å². The highest BCUT2D eigenvalue weighted by atomic mass is 32.2. The quantitative estimate of drug-likeness (QED) is 0.805. The van der Waals surface area contributed by atoms with Crippen molar-refractivity contribution < 1.29 is 23.9 Å². The zero-order valence-corrected chi connectivity index (χ0v) is 9.69. The van der Waals surface area contributed by atoms with Crippen LogP contribution in [-0.2, 0) is 9.59 Å². The first-order chi connectivity index (χ1) is 7.99. The molecule has 0 aromatic carbocycles. The Kier molecular flexibility index (Phi) is 2.93. The fraction of sp³-hybridized carbons (Fsp3) is 0.300. The number of likely N-dealkylation sites (tertiary alicyclic amines) is 1. The van der Waals surface area contributed by atoms with Gasteiger partial charge in [-0.3, -0.25) is 14.5 Å². The van der Waals surface area contributed by atoms with Gasteiger partial charge in [0, 0.05) is 13.5 Å². The van der Waals surface area contributed by atoms with Gasteiger partial charge in [0.15, 0.2) is 5.09 Å². The number of hydrogen-bond donors (Lipinski definition) is 1. The number of carbonyl (C=O) groups excluding carboxylic acids is 2. The highest BCUT2D eigenvalue weighted by Crippen LogP contribution is 2.31. The molecule has 0 saturated carbocycles. The summed E-state index contributed by atoms with van der Waals surface area (Å²) in [7, 11) is 1.43. The van der Waals surface area contributed by atoms with Crippen LogP contribution < -0.4 is 0 Å². The Bertz CT molecular complexity index is 495. The molecule has 1 saturated heterocycles. The van der Waals surface area contributed by atoms with Crippen LogP contribution >= 0.6 is 11.8 Å². The number of hydrogen-bond acceptors (Lipinski definition) is 5. The average molecular weight is 255 g/mol. The monoisotopic (exact) mass is 255 g/mol. The van der Waals surface area contributed by atoms with E-state index in [1.165, 1.54) is 19.2 Å². The topological polar surface area (TPSA) is 87.8 Å². The number of thioether (sulfide) groups is 1. The molecule has 1 aromatic heterocycles. The largest absolute Gasteiger partial charge is 0.475 e. The van der Waals surface area contributed by atoms with E-state index in [-0.39, 0.29) is 24.0 Å². The molecule has 0 radical (unpaired) electrons. The number of furan rings is 1. The van der Waals surface area contributed by atoms with Crippen molar-refractivity contribution in [1.29, 1.82) is 0 Å². The Hall–Kier alpha value is -1.76. The predicted octanol–water partition coefficient (Wildman–Crippen LogP) is 0.827. The van der Waals surface area contributed by atoms with Crippen molar-refractivity contribution in [2.24, 2.45) is 0 Å². The first kappa shape index (κ1) is 11.7. The van der Waals surface area contributed by atoms with E-state index in [0.29, 0.717) is 5.09 Å². The third kappa shape index (κ3) is 2.19. The molecule has 0 spiro atoms. The maximum absolute atomic E-state index is 11.6. The Morgan fingerprint density at radius 1 is 1.53 bits per heavy atom. The fourth-order valence-corrected chi connectivity index (χ4v) is 2.50. The molecule has 2 amide bonds. The molecular formula is C10H9NO5S. The summed E-state index contributed by atoms with van der Waals surface area (Å²) in [5.74, 6) is -1.87. The zero-order valence-electron chi connectivity index (χ0n) is 8.87. The van der Waals surface area contributed by atoms with E-state index in [1.807, 2.05) is 0 Å². The van der Waals surface area contributed by atoms with Crippen molar-refractivity contribution in [1.82, 2.24) is 4.90 Å². The van der Waals surface area contributed by atoms with Gasteiger partial charge in [0.2, 0.25) is 17.6 Å². The number of carboxylic acids is 1. The molecule has 1 fully saturated rings. The lowest BCUT2D eigenvalue weighted by Crippen LogP contribution is -2.26. The van der Waals surface area contributed by atoms with Crippen LogP contribution in [0.25, 0.3) is 0 Å². The number of rotatable bonds is 3. The molecule has 1 N–H and O–H groups in total. The highest BCUT2D eigenvalue weighted by molar-refractivity contribution is 8.00. The molecule has 90 valence electrons. The van der Waals surface area contributed by atoms with Gasteiger partial charge in [-0.1, -0.05) is 11.8 Å². The molecule has 0 bridgehead atoms. The first-order valence-electron chi connectivity index (χ1n) is 4.79. The van der Waals surface area contributed by atoms with Gasteiger partial charge in [0.1, 0.15) is 5.25 Å². The van der Waals surface area contributed by atoms with Crippen LogP contribution in [-0.4, -0.2) is 40.1 Å². The minimum Gasteiger partial charge on any atom is -0.475 e. The first-order valence-corrected chi connectivity index (χ1v) is 5.67. The number of nitrogens with zero attached hydrogens (tertiary/aromatic N) is 1. The minimum atomic E-state index is -1.16.